The van der Waals surface area contributed by atoms with Crippen molar-refractivity contribution in [1.29, 1.82) is 0 Å². The highest BCUT2D eigenvalue weighted by Crippen LogP contribution is 2.16. The SMILES string of the molecule is CC1C=CC=N[C@@H]1CCCO. The van der Waals surface area contributed by atoms with Gasteiger partial charge in [0.2, 0.25) is 0 Å². The molecule has 2 nitrogen and oxygen atoms in total. The maximum absolute atomic E-state index is 8.61. The fourth-order valence-electron chi connectivity index (χ4n) is 1.29. The number of rotatable bonds is 3. The molecule has 0 aromatic rings. The van der Waals surface area contributed by atoms with E-state index in [9.17, 15) is 0 Å². The third kappa shape index (κ3) is 2.46. The lowest BCUT2D eigenvalue weighted by Crippen LogP contribution is -2.16. The van der Waals surface area contributed by atoms with Crippen LogP contribution in [-0.2, 0) is 0 Å². The van der Waals surface area contributed by atoms with E-state index in [1.54, 1.807) is 0 Å². The summed E-state index contributed by atoms with van der Waals surface area (Å²) in [7, 11) is 0. The summed E-state index contributed by atoms with van der Waals surface area (Å²) in [6, 6.07) is 0.396. The molecule has 0 fully saturated rings. The molecule has 0 saturated heterocycles. The fraction of sp³-hybridized carbons (Fsp3) is 0.667. The van der Waals surface area contributed by atoms with Crippen molar-refractivity contribution >= 4 is 6.21 Å². The molecule has 11 heavy (non-hydrogen) atoms. The second kappa shape index (κ2) is 4.29. The number of allylic oxidation sites excluding steroid dienone is 1. The van der Waals surface area contributed by atoms with Crippen molar-refractivity contribution in [3.8, 4) is 0 Å². The van der Waals surface area contributed by atoms with E-state index < -0.39 is 0 Å². The lowest BCUT2D eigenvalue weighted by atomic mass is 9.96. The van der Waals surface area contributed by atoms with Gasteiger partial charge in [0.25, 0.3) is 0 Å². The number of aliphatic hydroxyl groups excluding tert-OH is 1. The van der Waals surface area contributed by atoms with Crippen molar-refractivity contribution in [3.05, 3.63) is 12.2 Å². The van der Waals surface area contributed by atoms with Gasteiger partial charge in [0, 0.05) is 12.8 Å². The van der Waals surface area contributed by atoms with Crippen LogP contribution in [0.4, 0.5) is 0 Å². The van der Waals surface area contributed by atoms with Crippen molar-refractivity contribution in [1.82, 2.24) is 0 Å². The van der Waals surface area contributed by atoms with Crippen molar-refractivity contribution in [2.24, 2.45) is 10.9 Å². The molecule has 1 unspecified atom stereocenters. The molecule has 2 atom stereocenters. The van der Waals surface area contributed by atoms with Gasteiger partial charge in [-0.05, 0) is 24.8 Å². The Morgan fingerprint density at radius 3 is 3.00 bits per heavy atom. The van der Waals surface area contributed by atoms with E-state index in [-0.39, 0.29) is 6.61 Å². The highest BCUT2D eigenvalue weighted by Gasteiger charge is 2.13. The summed E-state index contributed by atoms with van der Waals surface area (Å²) in [4.78, 5) is 4.33. The van der Waals surface area contributed by atoms with Crippen LogP contribution in [0.2, 0.25) is 0 Å². The Balaban J connectivity index is 2.33. The largest absolute Gasteiger partial charge is 0.396 e. The predicted octanol–water partition coefficient (Wildman–Crippen LogP) is 1.40. The molecular weight excluding hydrogens is 138 g/mol. The second-order valence-electron chi connectivity index (χ2n) is 2.98. The summed E-state index contributed by atoms with van der Waals surface area (Å²) < 4.78 is 0. The molecule has 0 amide bonds. The predicted molar refractivity (Wildman–Crippen MR) is 46.9 cm³/mol. The summed E-state index contributed by atoms with van der Waals surface area (Å²) in [5, 5.41) is 8.61. The van der Waals surface area contributed by atoms with E-state index in [1.807, 2.05) is 12.3 Å². The molecule has 1 aliphatic heterocycles. The quantitative estimate of drug-likeness (QED) is 0.653. The third-order valence-electron chi connectivity index (χ3n) is 2.04. The maximum atomic E-state index is 8.61. The van der Waals surface area contributed by atoms with Gasteiger partial charge in [0.1, 0.15) is 0 Å². The lowest BCUT2D eigenvalue weighted by molar-refractivity contribution is 0.275. The zero-order chi connectivity index (χ0) is 8.10. The van der Waals surface area contributed by atoms with Gasteiger partial charge in [-0.3, -0.25) is 4.99 Å². The number of aliphatic imine (C=N–C) groups is 1. The first-order chi connectivity index (χ1) is 5.34. The van der Waals surface area contributed by atoms with Crippen LogP contribution < -0.4 is 0 Å². The Morgan fingerprint density at radius 2 is 2.36 bits per heavy atom. The van der Waals surface area contributed by atoms with E-state index >= 15 is 0 Å². The van der Waals surface area contributed by atoms with E-state index in [0.29, 0.717) is 12.0 Å². The molecule has 0 spiro atoms. The minimum atomic E-state index is 0.280. The summed E-state index contributed by atoms with van der Waals surface area (Å²) in [6.07, 6.45) is 7.86. The Kier molecular flexibility index (Phi) is 3.30. The molecular formula is C9H15NO. The number of dihydropyridines is 1. The highest BCUT2D eigenvalue weighted by atomic mass is 16.2. The van der Waals surface area contributed by atoms with E-state index in [0.717, 1.165) is 12.8 Å². The van der Waals surface area contributed by atoms with Crippen LogP contribution >= 0.6 is 0 Å². The van der Waals surface area contributed by atoms with Crippen molar-refractivity contribution in [2.75, 3.05) is 6.61 Å². The Labute approximate surface area is 67.7 Å². The van der Waals surface area contributed by atoms with Gasteiger partial charge in [-0.15, -0.1) is 0 Å². The molecule has 0 bridgehead atoms. The van der Waals surface area contributed by atoms with Crippen LogP contribution in [0.5, 0.6) is 0 Å². The Bertz CT molecular complexity index is 163. The molecule has 0 radical (unpaired) electrons. The lowest BCUT2D eigenvalue weighted by Gasteiger charge is -2.18. The van der Waals surface area contributed by atoms with Crippen LogP contribution in [-0.4, -0.2) is 24.0 Å². The van der Waals surface area contributed by atoms with Gasteiger partial charge < -0.3 is 5.11 Å². The van der Waals surface area contributed by atoms with Crippen LogP contribution in [0.1, 0.15) is 19.8 Å². The van der Waals surface area contributed by atoms with Gasteiger partial charge in [-0.25, -0.2) is 0 Å². The van der Waals surface area contributed by atoms with E-state index in [2.05, 4.69) is 18.0 Å². The third-order valence-corrected chi connectivity index (χ3v) is 2.04. The first-order valence-corrected chi connectivity index (χ1v) is 4.15. The van der Waals surface area contributed by atoms with Crippen molar-refractivity contribution in [3.63, 3.8) is 0 Å². The first kappa shape index (κ1) is 8.47. The van der Waals surface area contributed by atoms with Gasteiger partial charge >= 0.3 is 0 Å². The van der Waals surface area contributed by atoms with Crippen LogP contribution in [0.25, 0.3) is 0 Å². The molecule has 1 N–H and O–H groups in total. The number of hydrogen-bond donors (Lipinski definition) is 1. The van der Waals surface area contributed by atoms with Crippen molar-refractivity contribution < 1.29 is 5.11 Å². The average Bonchev–Trinajstić information content (AvgIpc) is 2.03. The van der Waals surface area contributed by atoms with Crippen LogP contribution in [0.15, 0.2) is 17.1 Å². The molecule has 0 aromatic carbocycles. The molecule has 1 heterocycles. The summed E-state index contributed by atoms with van der Waals surface area (Å²) in [5.41, 5.74) is 0. The standard InChI is InChI=1S/C9H15NO/c1-8-4-2-6-10-9(8)5-3-7-11/h2,4,6,8-9,11H,3,5,7H2,1H3/t8?,9-/m1/s1. The average molecular weight is 153 g/mol. The minimum absolute atomic E-state index is 0.280. The Morgan fingerprint density at radius 1 is 1.55 bits per heavy atom. The number of aliphatic hydroxyl groups is 1. The molecule has 1 aliphatic rings. The molecule has 0 saturated carbocycles. The monoisotopic (exact) mass is 153 g/mol. The molecule has 0 aliphatic carbocycles. The van der Waals surface area contributed by atoms with Gasteiger partial charge in [-0.2, -0.15) is 0 Å². The maximum Gasteiger partial charge on any atom is 0.0560 e. The normalized spacial score (nSPS) is 29.3. The molecule has 62 valence electrons. The van der Waals surface area contributed by atoms with Crippen LogP contribution in [0, 0.1) is 5.92 Å². The van der Waals surface area contributed by atoms with Gasteiger partial charge in [0.15, 0.2) is 0 Å². The molecule has 1 rings (SSSR count). The zero-order valence-corrected chi connectivity index (χ0v) is 6.90. The summed E-state index contributed by atoms with van der Waals surface area (Å²) >= 11 is 0. The minimum Gasteiger partial charge on any atom is -0.396 e. The van der Waals surface area contributed by atoms with E-state index in [1.165, 1.54) is 0 Å². The molecule has 0 aromatic heterocycles. The smallest absolute Gasteiger partial charge is 0.0560 e. The van der Waals surface area contributed by atoms with E-state index in [4.69, 9.17) is 5.11 Å². The number of nitrogens with zero attached hydrogens (tertiary/aromatic N) is 1. The van der Waals surface area contributed by atoms with Gasteiger partial charge in [0.05, 0.1) is 6.04 Å². The highest BCUT2D eigenvalue weighted by molar-refractivity contribution is 5.72. The zero-order valence-electron chi connectivity index (χ0n) is 6.90. The topological polar surface area (TPSA) is 32.6 Å². The van der Waals surface area contributed by atoms with Gasteiger partial charge in [-0.1, -0.05) is 13.0 Å². The van der Waals surface area contributed by atoms with Crippen LogP contribution in [0.3, 0.4) is 0 Å². The molecule has 2 heteroatoms. The first-order valence-electron chi connectivity index (χ1n) is 4.15. The second-order valence-corrected chi connectivity index (χ2v) is 2.98. The summed E-state index contributed by atoms with van der Waals surface area (Å²) in [5.74, 6) is 0.534. The van der Waals surface area contributed by atoms with Crippen molar-refractivity contribution in [2.45, 2.75) is 25.8 Å². The number of hydrogen-bond acceptors (Lipinski definition) is 2. The fourth-order valence-corrected chi connectivity index (χ4v) is 1.29. The Hall–Kier alpha value is -0.630. The summed E-state index contributed by atoms with van der Waals surface area (Å²) in [6.45, 7) is 2.44.